The van der Waals surface area contributed by atoms with Gasteiger partial charge in [0.05, 0.1) is 18.1 Å². The highest BCUT2D eigenvalue weighted by atomic mass is 16.5. The van der Waals surface area contributed by atoms with E-state index in [1.807, 2.05) is 44.2 Å². The van der Waals surface area contributed by atoms with Gasteiger partial charge in [-0.3, -0.25) is 4.79 Å². The van der Waals surface area contributed by atoms with Crippen molar-refractivity contribution >= 4 is 16.9 Å². The third-order valence-corrected chi connectivity index (χ3v) is 4.41. The molecule has 5 heteroatoms. The van der Waals surface area contributed by atoms with Crippen molar-refractivity contribution in [3.05, 3.63) is 59.9 Å². The van der Waals surface area contributed by atoms with Crippen molar-refractivity contribution < 1.29 is 9.53 Å². The summed E-state index contributed by atoms with van der Waals surface area (Å²) in [4.78, 5) is 16.6. The van der Waals surface area contributed by atoms with Crippen molar-refractivity contribution in [2.24, 2.45) is 5.92 Å². The normalized spacial score (nSPS) is 11.1. The molecule has 0 spiro atoms. The van der Waals surface area contributed by atoms with Gasteiger partial charge in [-0.05, 0) is 29.8 Å². The monoisotopic (exact) mass is 351 g/mol. The van der Waals surface area contributed by atoms with E-state index in [2.05, 4.69) is 28.1 Å². The maximum atomic E-state index is 11.8. The molecule has 1 amide bonds. The Bertz CT molecular complexity index is 882. The lowest BCUT2D eigenvalue weighted by Gasteiger charge is -2.11. The van der Waals surface area contributed by atoms with E-state index in [0.29, 0.717) is 13.0 Å². The van der Waals surface area contributed by atoms with Gasteiger partial charge in [0.2, 0.25) is 5.91 Å². The smallest absolute Gasteiger partial charge is 0.222 e. The number of methoxy groups -OCH3 is 1. The van der Waals surface area contributed by atoms with Gasteiger partial charge >= 0.3 is 0 Å². The second kappa shape index (κ2) is 8.04. The summed E-state index contributed by atoms with van der Waals surface area (Å²) in [6.45, 7) is 5.11. The third kappa shape index (κ3) is 4.04. The number of hydrogen-bond donors (Lipinski definition) is 1. The first-order chi connectivity index (χ1) is 12.6. The average molecular weight is 351 g/mol. The second-order valence-corrected chi connectivity index (χ2v) is 6.65. The molecule has 0 saturated heterocycles. The standard InChI is InChI=1S/C21H25N3O2/c1-15(2)21(25)22-13-12-20-23-18-6-4-5-7-19(18)24(20)14-16-8-10-17(26-3)11-9-16/h4-11,15H,12-14H2,1-3H3,(H,22,25). The molecule has 0 saturated carbocycles. The van der Waals surface area contributed by atoms with Crippen LogP contribution >= 0.6 is 0 Å². The number of nitrogens with one attached hydrogen (secondary N) is 1. The summed E-state index contributed by atoms with van der Waals surface area (Å²) in [6.07, 6.45) is 0.698. The number of ether oxygens (including phenoxy) is 1. The molecule has 1 N–H and O–H groups in total. The SMILES string of the molecule is COc1ccc(Cn2c(CCNC(=O)C(C)C)nc3ccccc32)cc1. The maximum absolute atomic E-state index is 11.8. The van der Waals surface area contributed by atoms with E-state index in [4.69, 9.17) is 9.72 Å². The minimum Gasteiger partial charge on any atom is -0.497 e. The van der Waals surface area contributed by atoms with Crippen molar-refractivity contribution in [1.82, 2.24) is 14.9 Å². The third-order valence-electron chi connectivity index (χ3n) is 4.41. The predicted molar refractivity (Wildman–Crippen MR) is 103 cm³/mol. The Morgan fingerprint density at radius 2 is 1.88 bits per heavy atom. The fourth-order valence-electron chi connectivity index (χ4n) is 2.91. The molecule has 0 aliphatic heterocycles. The molecular formula is C21H25N3O2. The highest BCUT2D eigenvalue weighted by Gasteiger charge is 2.12. The predicted octanol–water partition coefficient (Wildman–Crippen LogP) is 3.41. The lowest BCUT2D eigenvalue weighted by molar-refractivity contribution is -0.123. The van der Waals surface area contributed by atoms with E-state index >= 15 is 0 Å². The first-order valence-electron chi connectivity index (χ1n) is 8.93. The first-order valence-corrected chi connectivity index (χ1v) is 8.93. The molecular weight excluding hydrogens is 326 g/mol. The van der Waals surface area contributed by atoms with E-state index in [9.17, 15) is 4.79 Å². The summed E-state index contributed by atoms with van der Waals surface area (Å²) in [5, 5.41) is 2.97. The number of carbonyl (C=O) groups is 1. The molecule has 0 aliphatic rings. The molecule has 1 heterocycles. The van der Waals surface area contributed by atoms with Gasteiger partial charge in [0, 0.05) is 25.4 Å². The van der Waals surface area contributed by atoms with Crippen LogP contribution in [0.2, 0.25) is 0 Å². The zero-order valence-corrected chi connectivity index (χ0v) is 15.5. The van der Waals surface area contributed by atoms with Crippen molar-refractivity contribution in [3.63, 3.8) is 0 Å². The minimum atomic E-state index is -0.00637. The Kier molecular flexibility index (Phi) is 5.56. The lowest BCUT2D eigenvalue weighted by atomic mass is 10.2. The van der Waals surface area contributed by atoms with Crippen molar-refractivity contribution in [2.75, 3.05) is 13.7 Å². The number of amides is 1. The zero-order chi connectivity index (χ0) is 18.5. The van der Waals surface area contributed by atoms with Crippen molar-refractivity contribution in [3.8, 4) is 5.75 Å². The van der Waals surface area contributed by atoms with Crippen LogP contribution in [0.25, 0.3) is 11.0 Å². The maximum Gasteiger partial charge on any atom is 0.222 e. The molecule has 0 radical (unpaired) electrons. The highest BCUT2D eigenvalue weighted by Crippen LogP contribution is 2.19. The Labute approximate surface area is 154 Å². The number of imidazole rings is 1. The van der Waals surface area contributed by atoms with Crippen LogP contribution in [0.15, 0.2) is 48.5 Å². The second-order valence-electron chi connectivity index (χ2n) is 6.65. The summed E-state index contributed by atoms with van der Waals surface area (Å²) < 4.78 is 7.45. The quantitative estimate of drug-likeness (QED) is 0.710. The number of aromatic nitrogens is 2. The van der Waals surface area contributed by atoms with Gasteiger partial charge in [-0.15, -0.1) is 0 Å². The molecule has 1 aromatic heterocycles. The van der Waals surface area contributed by atoms with Gasteiger partial charge in [0.25, 0.3) is 0 Å². The van der Waals surface area contributed by atoms with E-state index in [0.717, 1.165) is 29.2 Å². The Morgan fingerprint density at radius 1 is 1.15 bits per heavy atom. The van der Waals surface area contributed by atoms with Crippen LogP contribution in [0.5, 0.6) is 5.75 Å². The van der Waals surface area contributed by atoms with Gasteiger partial charge in [-0.25, -0.2) is 4.98 Å². The van der Waals surface area contributed by atoms with Gasteiger partial charge in [-0.2, -0.15) is 0 Å². The number of fused-ring (bicyclic) bond motifs is 1. The van der Waals surface area contributed by atoms with Crippen LogP contribution in [-0.2, 0) is 17.8 Å². The molecule has 0 unspecified atom stereocenters. The summed E-state index contributed by atoms with van der Waals surface area (Å²) in [6, 6.07) is 16.2. The molecule has 5 nitrogen and oxygen atoms in total. The van der Waals surface area contributed by atoms with Crippen molar-refractivity contribution in [2.45, 2.75) is 26.8 Å². The van der Waals surface area contributed by atoms with Gasteiger partial charge in [0.1, 0.15) is 11.6 Å². The van der Waals surface area contributed by atoms with E-state index in [1.165, 1.54) is 5.56 Å². The van der Waals surface area contributed by atoms with Crippen LogP contribution in [0, 0.1) is 5.92 Å². The van der Waals surface area contributed by atoms with Gasteiger partial charge in [0.15, 0.2) is 0 Å². The zero-order valence-electron chi connectivity index (χ0n) is 15.5. The van der Waals surface area contributed by atoms with Crippen LogP contribution in [0.3, 0.4) is 0 Å². The molecule has 26 heavy (non-hydrogen) atoms. The molecule has 0 bridgehead atoms. The van der Waals surface area contributed by atoms with E-state index < -0.39 is 0 Å². The fourth-order valence-corrected chi connectivity index (χ4v) is 2.91. The van der Waals surface area contributed by atoms with Crippen LogP contribution in [0.4, 0.5) is 0 Å². The van der Waals surface area contributed by atoms with Crippen molar-refractivity contribution in [1.29, 1.82) is 0 Å². The first kappa shape index (κ1) is 18.0. The molecule has 0 fully saturated rings. The Balaban J connectivity index is 1.83. The number of hydrogen-bond acceptors (Lipinski definition) is 3. The van der Waals surface area contributed by atoms with E-state index in [1.54, 1.807) is 7.11 Å². The summed E-state index contributed by atoms with van der Waals surface area (Å²) in [5.74, 6) is 1.89. The average Bonchev–Trinajstić information content (AvgIpc) is 3.00. The highest BCUT2D eigenvalue weighted by molar-refractivity contribution is 5.78. The summed E-state index contributed by atoms with van der Waals surface area (Å²) in [7, 11) is 1.67. The van der Waals surface area contributed by atoms with Gasteiger partial charge < -0.3 is 14.6 Å². The molecule has 0 aliphatic carbocycles. The molecule has 2 aromatic carbocycles. The van der Waals surface area contributed by atoms with Gasteiger partial charge in [-0.1, -0.05) is 38.1 Å². The topological polar surface area (TPSA) is 56.1 Å². The largest absolute Gasteiger partial charge is 0.497 e. The number of benzene rings is 2. The Morgan fingerprint density at radius 3 is 2.58 bits per heavy atom. The molecule has 3 aromatic rings. The summed E-state index contributed by atoms with van der Waals surface area (Å²) >= 11 is 0. The fraction of sp³-hybridized carbons (Fsp3) is 0.333. The minimum absolute atomic E-state index is 0.00637. The number of nitrogens with zero attached hydrogens (tertiary/aromatic N) is 2. The van der Waals surface area contributed by atoms with Crippen LogP contribution < -0.4 is 10.1 Å². The van der Waals surface area contributed by atoms with Crippen LogP contribution in [-0.4, -0.2) is 29.1 Å². The number of carbonyl (C=O) groups excluding carboxylic acids is 1. The molecule has 3 rings (SSSR count). The molecule has 136 valence electrons. The molecule has 0 atom stereocenters. The number of rotatable bonds is 7. The lowest BCUT2D eigenvalue weighted by Crippen LogP contribution is -2.30. The van der Waals surface area contributed by atoms with Crippen LogP contribution in [0.1, 0.15) is 25.2 Å². The summed E-state index contributed by atoms with van der Waals surface area (Å²) in [5.41, 5.74) is 3.26. The van der Waals surface area contributed by atoms with E-state index in [-0.39, 0.29) is 11.8 Å². The Hall–Kier alpha value is -2.82. The number of para-hydroxylation sites is 2.